The lowest BCUT2D eigenvalue weighted by atomic mass is 10.00. The smallest absolute Gasteiger partial charge is 0.420 e. The number of rotatable bonds is 4. The van der Waals surface area contributed by atoms with Gasteiger partial charge in [-0.05, 0) is 50.1 Å². The lowest BCUT2D eigenvalue weighted by Gasteiger charge is -2.26. The maximum Gasteiger partial charge on any atom is 0.420 e. The van der Waals surface area contributed by atoms with Crippen molar-refractivity contribution in [2.24, 2.45) is 0 Å². The van der Waals surface area contributed by atoms with Gasteiger partial charge in [-0.1, -0.05) is 11.8 Å². The lowest BCUT2D eigenvalue weighted by molar-refractivity contribution is -0.137. The van der Waals surface area contributed by atoms with E-state index >= 15 is 0 Å². The second-order valence-corrected chi connectivity index (χ2v) is 7.11. The topological polar surface area (TPSA) is 58.3 Å². The standard InChI is InChI=1S/C16H19F3N2O2S/c1-15(22)5-3-4-12(15)20-8-9-6-10(16(17,18)19)13-11(7-9)21-14(23-13)24-2/h6-7,12,20,22H,3-5,8H2,1-2H3/t12-,15+/m1/s1. The summed E-state index contributed by atoms with van der Waals surface area (Å²) >= 11 is 1.16. The summed E-state index contributed by atoms with van der Waals surface area (Å²) in [6.07, 6.45) is -0.414. The number of nitrogens with one attached hydrogen (secondary N) is 1. The van der Waals surface area contributed by atoms with Gasteiger partial charge in [0, 0.05) is 12.6 Å². The van der Waals surface area contributed by atoms with Crippen molar-refractivity contribution in [2.45, 2.75) is 55.8 Å². The molecule has 132 valence electrons. The number of hydrogen-bond acceptors (Lipinski definition) is 5. The molecule has 0 unspecified atom stereocenters. The highest BCUT2D eigenvalue weighted by molar-refractivity contribution is 7.98. The van der Waals surface area contributed by atoms with Gasteiger partial charge < -0.3 is 14.8 Å². The number of benzene rings is 1. The predicted molar refractivity (Wildman–Crippen MR) is 85.9 cm³/mol. The van der Waals surface area contributed by atoms with Crippen molar-refractivity contribution in [2.75, 3.05) is 6.26 Å². The zero-order chi connectivity index (χ0) is 17.5. The molecule has 0 saturated heterocycles. The van der Waals surface area contributed by atoms with Gasteiger partial charge in [-0.25, -0.2) is 4.98 Å². The van der Waals surface area contributed by atoms with E-state index < -0.39 is 17.3 Å². The van der Waals surface area contributed by atoms with Crippen LogP contribution in [-0.4, -0.2) is 28.0 Å². The number of aromatic nitrogens is 1. The molecule has 0 bridgehead atoms. The van der Waals surface area contributed by atoms with Gasteiger partial charge in [0.25, 0.3) is 5.22 Å². The number of aliphatic hydroxyl groups is 1. The summed E-state index contributed by atoms with van der Waals surface area (Å²) in [6, 6.07) is 2.57. The molecule has 2 aromatic rings. The van der Waals surface area contributed by atoms with Crippen LogP contribution in [-0.2, 0) is 12.7 Å². The molecule has 0 spiro atoms. The molecule has 1 fully saturated rings. The minimum Gasteiger partial charge on any atom is -0.431 e. The van der Waals surface area contributed by atoms with E-state index in [1.165, 1.54) is 0 Å². The molecule has 8 heteroatoms. The Balaban J connectivity index is 1.91. The lowest BCUT2D eigenvalue weighted by Crippen LogP contribution is -2.44. The molecule has 0 amide bonds. The quantitative estimate of drug-likeness (QED) is 0.808. The van der Waals surface area contributed by atoms with E-state index in [9.17, 15) is 18.3 Å². The van der Waals surface area contributed by atoms with Gasteiger partial charge in [0.2, 0.25) is 0 Å². The van der Waals surface area contributed by atoms with Crippen molar-refractivity contribution in [3.8, 4) is 0 Å². The minimum absolute atomic E-state index is 0.124. The van der Waals surface area contributed by atoms with Crippen molar-refractivity contribution in [3.63, 3.8) is 0 Å². The van der Waals surface area contributed by atoms with E-state index in [-0.39, 0.29) is 28.9 Å². The maximum absolute atomic E-state index is 13.3. The second kappa shape index (κ2) is 6.24. The summed E-state index contributed by atoms with van der Waals surface area (Å²) in [5, 5.41) is 13.6. The third-order valence-electron chi connectivity index (χ3n) is 4.49. The number of fused-ring (bicyclic) bond motifs is 1. The van der Waals surface area contributed by atoms with Crippen molar-refractivity contribution in [1.29, 1.82) is 0 Å². The molecular formula is C16H19F3N2O2S. The van der Waals surface area contributed by atoms with Crippen LogP contribution in [0.2, 0.25) is 0 Å². The Bertz CT molecular complexity index is 743. The summed E-state index contributed by atoms with van der Waals surface area (Å²) in [5.74, 6) is 0. The molecule has 1 aromatic carbocycles. The Morgan fingerprint density at radius 2 is 2.21 bits per heavy atom. The molecule has 1 saturated carbocycles. The Morgan fingerprint density at radius 1 is 1.46 bits per heavy atom. The van der Waals surface area contributed by atoms with Crippen molar-refractivity contribution in [1.82, 2.24) is 10.3 Å². The molecule has 2 N–H and O–H groups in total. The Morgan fingerprint density at radius 3 is 2.79 bits per heavy atom. The van der Waals surface area contributed by atoms with Gasteiger partial charge in [-0.3, -0.25) is 0 Å². The molecule has 2 atom stereocenters. The fraction of sp³-hybridized carbons (Fsp3) is 0.562. The van der Waals surface area contributed by atoms with Gasteiger partial charge in [0.05, 0.1) is 5.60 Å². The van der Waals surface area contributed by atoms with Crippen molar-refractivity contribution >= 4 is 22.9 Å². The second-order valence-electron chi connectivity index (χ2n) is 6.36. The van der Waals surface area contributed by atoms with E-state index in [4.69, 9.17) is 4.42 Å². The summed E-state index contributed by atoms with van der Waals surface area (Å²) in [5.41, 5.74) is -1.20. The van der Waals surface area contributed by atoms with Crippen LogP contribution in [0.25, 0.3) is 11.1 Å². The van der Waals surface area contributed by atoms with Gasteiger partial charge in [-0.2, -0.15) is 13.2 Å². The first-order valence-corrected chi connectivity index (χ1v) is 8.93. The van der Waals surface area contributed by atoms with Crippen LogP contribution in [0.1, 0.15) is 37.3 Å². The highest BCUT2D eigenvalue weighted by atomic mass is 32.2. The number of hydrogen-bond donors (Lipinski definition) is 2. The molecule has 1 aromatic heterocycles. The van der Waals surface area contributed by atoms with Gasteiger partial charge >= 0.3 is 6.18 Å². The molecule has 3 rings (SSSR count). The molecule has 1 aliphatic carbocycles. The Labute approximate surface area is 141 Å². The molecular weight excluding hydrogens is 341 g/mol. The first-order valence-electron chi connectivity index (χ1n) is 7.71. The minimum atomic E-state index is -4.51. The average Bonchev–Trinajstić information content (AvgIpc) is 3.05. The monoisotopic (exact) mass is 360 g/mol. The maximum atomic E-state index is 13.3. The number of halogens is 3. The van der Waals surface area contributed by atoms with Crippen LogP contribution in [0.4, 0.5) is 13.2 Å². The summed E-state index contributed by atoms with van der Waals surface area (Å²) in [6.45, 7) is 1.99. The van der Waals surface area contributed by atoms with E-state index in [1.54, 1.807) is 19.2 Å². The zero-order valence-corrected chi connectivity index (χ0v) is 14.2. The van der Waals surface area contributed by atoms with E-state index in [2.05, 4.69) is 10.3 Å². The third kappa shape index (κ3) is 3.41. The number of alkyl halides is 3. The first kappa shape index (κ1) is 17.6. The average molecular weight is 360 g/mol. The van der Waals surface area contributed by atoms with Gasteiger partial charge in [-0.15, -0.1) is 0 Å². The predicted octanol–water partition coefficient (Wildman–Crippen LogP) is 3.96. The Kier molecular flexibility index (Phi) is 4.57. The van der Waals surface area contributed by atoms with Gasteiger partial charge in [0.1, 0.15) is 11.1 Å². The summed E-state index contributed by atoms with van der Waals surface area (Å²) in [7, 11) is 0. The molecule has 1 heterocycles. The Hall–Kier alpha value is -1.25. The molecule has 0 radical (unpaired) electrons. The highest BCUT2D eigenvalue weighted by Crippen LogP contribution is 2.37. The number of nitrogens with zero attached hydrogens (tertiary/aromatic N) is 1. The summed E-state index contributed by atoms with van der Waals surface area (Å²) in [4.78, 5) is 4.09. The normalized spacial score (nSPS) is 24.8. The molecule has 1 aliphatic rings. The highest BCUT2D eigenvalue weighted by Gasteiger charge is 2.37. The first-order chi connectivity index (χ1) is 11.2. The van der Waals surface area contributed by atoms with Gasteiger partial charge in [0.15, 0.2) is 5.58 Å². The summed E-state index contributed by atoms with van der Waals surface area (Å²) < 4.78 is 45.2. The fourth-order valence-electron chi connectivity index (χ4n) is 3.18. The fourth-order valence-corrected chi connectivity index (χ4v) is 3.54. The number of thioether (sulfide) groups is 1. The van der Waals surface area contributed by atoms with Crippen LogP contribution in [0.5, 0.6) is 0 Å². The third-order valence-corrected chi connectivity index (χ3v) is 5.01. The van der Waals surface area contributed by atoms with Crippen molar-refractivity contribution in [3.05, 3.63) is 23.3 Å². The largest absolute Gasteiger partial charge is 0.431 e. The van der Waals surface area contributed by atoms with Crippen LogP contribution in [0.3, 0.4) is 0 Å². The van der Waals surface area contributed by atoms with E-state index in [0.717, 1.165) is 30.7 Å². The zero-order valence-electron chi connectivity index (χ0n) is 13.4. The molecule has 0 aliphatic heterocycles. The molecule has 24 heavy (non-hydrogen) atoms. The van der Waals surface area contributed by atoms with Crippen LogP contribution >= 0.6 is 11.8 Å². The van der Waals surface area contributed by atoms with Crippen LogP contribution < -0.4 is 5.32 Å². The van der Waals surface area contributed by atoms with E-state index in [1.807, 2.05) is 0 Å². The molecule has 4 nitrogen and oxygen atoms in total. The SMILES string of the molecule is CSc1nc2cc(CN[C@@H]3CCC[C@]3(C)O)cc(C(F)(F)F)c2o1. The van der Waals surface area contributed by atoms with Crippen molar-refractivity contribution < 1.29 is 22.7 Å². The number of oxazole rings is 1. The van der Waals surface area contributed by atoms with E-state index in [0.29, 0.717) is 12.0 Å². The van der Waals surface area contributed by atoms with Crippen LogP contribution in [0, 0.1) is 0 Å². The van der Waals surface area contributed by atoms with Crippen LogP contribution in [0.15, 0.2) is 21.8 Å².